The molecule has 1 amide bonds. The van der Waals surface area contributed by atoms with E-state index in [2.05, 4.69) is 36.3 Å². The Balaban J connectivity index is 1.64. The van der Waals surface area contributed by atoms with E-state index in [9.17, 15) is 4.79 Å². The molecule has 3 aromatic rings. The van der Waals surface area contributed by atoms with Crippen LogP contribution in [0.5, 0.6) is 0 Å². The van der Waals surface area contributed by atoms with Crippen molar-refractivity contribution in [3.05, 3.63) is 70.8 Å². The van der Waals surface area contributed by atoms with E-state index in [0.717, 1.165) is 10.0 Å². The molecule has 1 aromatic carbocycles. The number of nitrogens with zero attached hydrogens (tertiary/aromatic N) is 4. The van der Waals surface area contributed by atoms with E-state index >= 15 is 0 Å². The van der Waals surface area contributed by atoms with Crippen molar-refractivity contribution in [1.29, 1.82) is 0 Å². The molecule has 0 fully saturated rings. The number of pyridine rings is 1. The summed E-state index contributed by atoms with van der Waals surface area (Å²) in [7, 11) is 0. The van der Waals surface area contributed by atoms with Crippen molar-refractivity contribution in [2.75, 3.05) is 0 Å². The van der Waals surface area contributed by atoms with Gasteiger partial charge in [0.05, 0.1) is 5.56 Å². The molecule has 0 aliphatic heterocycles. The second kappa shape index (κ2) is 6.48. The summed E-state index contributed by atoms with van der Waals surface area (Å²) in [6.45, 7) is 0.408. The van der Waals surface area contributed by atoms with Gasteiger partial charge >= 0.3 is 0 Å². The fourth-order valence-corrected chi connectivity index (χ4v) is 2.37. The summed E-state index contributed by atoms with van der Waals surface area (Å²) in [6.07, 6.45) is 4.74. The van der Waals surface area contributed by atoms with E-state index in [1.165, 1.54) is 6.33 Å². The Labute approximate surface area is 135 Å². The van der Waals surface area contributed by atoms with Crippen LogP contribution >= 0.6 is 15.9 Å². The topological polar surface area (TPSA) is 72.7 Å². The summed E-state index contributed by atoms with van der Waals surface area (Å²) in [5, 5.41) is 6.87. The van der Waals surface area contributed by atoms with Gasteiger partial charge in [0.1, 0.15) is 12.7 Å². The largest absolute Gasteiger partial charge is 0.348 e. The van der Waals surface area contributed by atoms with Crippen molar-refractivity contribution in [1.82, 2.24) is 25.1 Å². The standard InChI is InChI=1S/C15H12BrN5O/c16-13-4-2-1-3-12(13)15(22)19-8-11-5-6-14(18-7-11)21-10-17-9-20-21/h1-7,9-10H,8H2,(H,19,22). The summed E-state index contributed by atoms with van der Waals surface area (Å²) < 4.78 is 2.34. The van der Waals surface area contributed by atoms with Crippen LogP contribution in [-0.4, -0.2) is 25.7 Å². The molecule has 3 rings (SSSR count). The molecule has 2 heterocycles. The average Bonchev–Trinajstić information content (AvgIpc) is 3.08. The normalized spacial score (nSPS) is 10.4. The maximum Gasteiger partial charge on any atom is 0.252 e. The lowest BCUT2D eigenvalue weighted by molar-refractivity contribution is 0.0950. The zero-order chi connectivity index (χ0) is 15.4. The molecule has 0 unspecified atom stereocenters. The third-order valence-electron chi connectivity index (χ3n) is 3.03. The van der Waals surface area contributed by atoms with Gasteiger partial charge in [-0.15, -0.1) is 0 Å². The fourth-order valence-electron chi connectivity index (χ4n) is 1.91. The molecule has 0 aliphatic rings. The van der Waals surface area contributed by atoms with Crippen molar-refractivity contribution < 1.29 is 4.79 Å². The van der Waals surface area contributed by atoms with E-state index in [0.29, 0.717) is 17.9 Å². The Bertz CT molecular complexity index is 771. The SMILES string of the molecule is O=C(NCc1ccc(-n2cncn2)nc1)c1ccccc1Br. The van der Waals surface area contributed by atoms with Crippen LogP contribution < -0.4 is 5.32 Å². The second-order valence-electron chi connectivity index (χ2n) is 4.53. The molecule has 0 saturated heterocycles. The van der Waals surface area contributed by atoms with Gasteiger partial charge in [-0.1, -0.05) is 18.2 Å². The van der Waals surface area contributed by atoms with Gasteiger partial charge in [-0.3, -0.25) is 4.79 Å². The molecule has 0 atom stereocenters. The summed E-state index contributed by atoms with van der Waals surface area (Å²) in [5.41, 5.74) is 1.51. The summed E-state index contributed by atoms with van der Waals surface area (Å²) >= 11 is 3.37. The maximum absolute atomic E-state index is 12.1. The minimum atomic E-state index is -0.132. The van der Waals surface area contributed by atoms with Crippen LogP contribution in [0.4, 0.5) is 0 Å². The molecule has 7 heteroatoms. The first kappa shape index (κ1) is 14.4. The van der Waals surface area contributed by atoms with Crippen molar-refractivity contribution >= 4 is 21.8 Å². The van der Waals surface area contributed by atoms with Crippen LogP contribution in [0, 0.1) is 0 Å². The highest BCUT2D eigenvalue weighted by molar-refractivity contribution is 9.10. The van der Waals surface area contributed by atoms with Gasteiger partial charge in [-0.2, -0.15) is 5.10 Å². The number of amides is 1. The van der Waals surface area contributed by atoms with Gasteiger partial charge in [0.25, 0.3) is 5.91 Å². The minimum Gasteiger partial charge on any atom is -0.348 e. The van der Waals surface area contributed by atoms with Gasteiger partial charge in [-0.05, 0) is 39.7 Å². The van der Waals surface area contributed by atoms with E-state index < -0.39 is 0 Å². The minimum absolute atomic E-state index is 0.132. The van der Waals surface area contributed by atoms with Crippen molar-refractivity contribution in [3.63, 3.8) is 0 Å². The Morgan fingerprint density at radius 1 is 1.23 bits per heavy atom. The molecule has 0 aliphatic carbocycles. The van der Waals surface area contributed by atoms with Crippen molar-refractivity contribution in [2.24, 2.45) is 0 Å². The summed E-state index contributed by atoms with van der Waals surface area (Å²) in [4.78, 5) is 20.3. The van der Waals surface area contributed by atoms with Gasteiger partial charge in [0.2, 0.25) is 0 Å². The predicted molar refractivity (Wildman–Crippen MR) is 84.5 cm³/mol. The summed E-state index contributed by atoms with van der Waals surface area (Å²) in [5.74, 6) is 0.547. The highest BCUT2D eigenvalue weighted by atomic mass is 79.9. The zero-order valence-electron chi connectivity index (χ0n) is 11.5. The number of halogens is 1. The molecule has 0 bridgehead atoms. The van der Waals surface area contributed by atoms with Crippen LogP contribution in [0.25, 0.3) is 5.82 Å². The van der Waals surface area contributed by atoms with E-state index in [-0.39, 0.29) is 5.91 Å². The molecule has 0 radical (unpaired) electrons. The van der Waals surface area contributed by atoms with Gasteiger partial charge in [-0.25, -0.2) is 14.6 Å². The van der Waals surface area contributed by atoms with Crippen LogP contribution in [0.2, 0.25) is 0 Å². The summed E-state index contributed by atoms with van der Waals surface area (Å²) in [6, 6.07) is 11.0. The number of rotatable bonds is 4. The maximum atomic E-state index is 12.1. The number of benzene rings is 1. The molecule has 0 saturated carbocycles. The number of hydrogen-bond donors (Lipinski definition) is 1. The third-order valence-corrected chi connectivity index (χ3v) is 3.73. The monoisotopic (exact) mass is 357 g/mol. The van der Waals surface area contributed by atoms with Crippen molar-refractivity contribution in [2.45, 2.75) is 6.54 Å². The van der Waals surface area contributed by atoms with Crippen LogP contribution in [0.1, 0.15) is 15.9 Å². The molecule has 22 heavy (non-hydrogen) atoms. The van der Waals surface area contributed by atoms with E-state index in [4.69, 9.17) is 0 Å². The number of carbonyl (C=O) groups excluding carboxylic acids is 1. The molecular formula is C15H12BrN5O. The third kappa shape index (κ3) is 3.20. The second-order valence-corrected chi connectivity index (χ2v) is 5.38. The average molecular weight is 358 g/mol. The molecular weight excluding hydrogens is 346 g/mol. The first-order valence-corrected chi connectivity index (χ1v) is 7.36. The highest BCUT2D eigenvalue weighted by Gasteiger charge is 2.08. The zero-order valence-corrected chi connectivity index (χ0v) is 13.1. The molecule has 1 N–H and O–H groups in total. The number of nitrogens with one attached hydrogen (secondary N) is 1. The van der Waals surface area contributed by atoms with Gasteiger partial charge < -0.3 is 5.32 Å². The quantitative estimate of drug-likeness (QED) is 0.777. The lowest BCUT2D eigenvalue weighted by atomic mass is 10.2. The fraction of sp³-hybridized carbons (Fsp3) is 0.0667. The molecule has 6 nitrogen and oxygen atoms in total. The Morgan fingerprint density at radius 3 is 2.77 bits per heavy atom. The van der Waals surface area contributed by atoms with E-state index in [1.54, 1.807) is 23.3 Å². The van der Waals surface area contributed by atoms with Crippen LogP contribution in [-0.2, 0) is 6.54 Å². The lowest BCUT2D eigenvalue weighted by Gasteiger charge is -2.07. The van der Waals surface area contributed by atoms with Crippen molar-refractivity contribution in [3.8, 4) is 5.82 Å². The number of hydrogen-bond acceptors (Lipinski definition) is 4. The highest BCUT2D eigenvalue weighted by Crippen LogP contribution is 2.15. The predicted octanol–water partition coefficient (Wildman–Crippen LogP) is 2.35. The van der Waals surface area contributed by atoms with Gasteiger partial charge in [0.15, 0.2) is 5.82 Å². The van der Waals surface area contributed by atoms with E-state index in [1.807, 2.05) is 30.3 Å². The molecule has 110 valence electrons. The Morgan fingerprint density at radius 2 is 2.09 bits per heavy atom. The van der Waals surface area contributed by atoms with Gasteiger partial charge in [0, 0.05) is 17.2 Å². The molecule has 0 spiro atoms. The first-order chi connectivity index (χ1) is 10.7. The number of carbonyl (C=O) groups is 1. The Hall–Kier alpha value is -2.54. The number of aromatic nitrogens is 4. The smallest absolute Gasteiger partial charge is 0.252 e. The Kier molecular flexibility index (Phi) is 4.24. The molecule has 2 aromatic heterocycles. The first-order valence-electron chi connectivity index (χ1n) is 6.57. The van der Waals surface area contributed by atoms with Crippen LogP contribution in [0.3, 0.4) is 0 Å². The lowest BCUT2D eigenvalue weighted by Crippen LogP contribution is -2.23. The van der Waals surface area contributed by atoms with Crippen LogP contribution in [0.15, 0.2) is 59.7 Å².